The summed E-state index contributed by atoms with van der Waals surface area (Å²) >= 11 is 0. The summed E-state index contributed by atoms with van der Waals surface area (Å²) in [7, 11) is 0.0377. The predicted molar refractivity (Wildman–Crippen MR) is 71.1 cm³/mol. The molecule has 0 N–H and O–H groups in total. The average Bonchev–Trinajstić information content (AvgIpc) is 2.28. The number of allylic oxidation sites excluding steroid dienone is 5. The van der Waals surface area contributed by atoms with E-state index in [1.807, 2.05) is 0 Å². The molecule has 0 saturated heterocycles. The minimum absolute atomic E-state index is 0.621. The summed E-state index contributed by atoms with van der Waals surface area (Å²) < 4.78 is 11.6. The van der Waals surface area contributed by atoms with E-state index in [1.165, 1.54) is 16.9 Å². The lowest BCUT2D eigenvalue weighted by Crippen LogP contribution is -1.92. The zero-order valence-electron chi connectivity index (χ0n) is 8.66. The Balaban J connectivity index is 2.85. The first-order valence-corrected chi connectivity index (χ1v) is 6.83. The summed E-state index contributed by atoms with van der Waals surface area (Å²) in [6.45, 7) is 5.17. The molecule has 1 heterocycles. The van der Waals surface area contributed by atoms with E-state index < -0.39 is 9.83 Å². The van der Waals surface area contributed by atoms with Gasteiger partial charge in [-0.3, -0.25) is 0 Å². The van der Waals surface area contributed by atoms with Gasteiger partial charge in [-0.05, 0) is 53.7 Å². The molecule has 0 aromatic heterocycles. The van der Waals surface area contributed by atoms with Gasteiger partial charge in [-0.2, -0.15) is 0 Å². The normalized spacial score (nSPS) is 17.2. The summed E-state index contributed by atoms with van der Waals surface area (Å²) in [5, 5.41) is 0. The third-order valence-electron chi connectivity index (χ3n) is 1.40. The molecule has 0 fully saturated rings. The van der Waals surface area contributed by atoms with Crippen molar-refractivity contribution in [3.05, 3.63) is 34.6 Å². The first kappa shape index (κ1) is 12.5. The van der Waals surface area contributed by atoms with Crippen molar-refractivity contribution in [2.24, 2.45) is 0 Å². The number of hydrogen-bond acceptors (Lipinski definition) is 2. The molecule has 1 unspecified atom stereocenters. The van der Waals surface area contributed by atoms with Crippen LogP contribution in [0.1, 0.15) is 6.92 Å². The lowest BCUT2D eigenvalue weighted by molar-refractivity contribution is 0.695. The van der Waals surface area contributed by atoms with Gasteiger partial charge in [-0.15, -0.1) is 5.92 Å². The van der Waals surface area contributed by atoms with Crippen LogP contribution in [0.4, 0.5) is 0 Å². The van der Waals surface area contributed by atoms with E-state index in [0.29, 0.717) is 4.91 Å². The fourth-order valence-corrected chi connectivity index (χ4v) is 2.99. The molecule has 0 aromatic carbocycles. The van der Waals surface area contributed by atoms with Gasteiger partial charge in [0.2, 0.25) is 0 Å². The van der Waals surface area contributed by atoms with Crippen LogP contribution in [0.15, 0.2) is 34.6 Å². The van der Waals surface area contributed by atoms with E-state index in [2.05, 4.69) is 42.1 Å². The highest BCUT2D eigenvalue weighted by Crippen LogP contribution is 2.28. The summed E-state index contributed by atoms with van der Waals surface area (Å²) in [5.41, 5.74) is 0. The van der Waals surface area contributed by atoms with E-state index in [-0.39, 0.29) is 0 Å². The minimum Gasteiger partial charge on any atom is -0.242 e. The molecule has 1 rings (SSSR count). The number of hydrogen-bond donors (Lipinski definition) is 0. The van der Waals surface area contributed by atoms with Crippen molar-refractivity contribution in [1.29, 1.82) is 0 Å². The second kappa shape index (κ2) is 6.81. The molecule has 0 saturated carbocycles. The molecule has 0 radical (unpaired) electrons. The second-order valence-electron chi connectivity index (χ2n) is 2.48. The lowest BCUT2D eigenvalue weighted by atomic mass is 10.4. The van der Waals surface area contributed by atoms with Crippen molar-refractivity contribution in [2.45, 2.75) is 6.92 Å². The Bertz CT molecular complexity index is 560. The molecular formula is C13H8OS2. The van der Waals surface area contributed by atoms with Gasteiger partial charge in [0.1, 0.15) is 9.83 Å². The molecule has 1 aliphatic heterocycles. The van der Waals surface area contributed by atoms with Gasteiger partial charge in [0, 0.05) is 0 Å². The third kappa shape index (κ3) is 3.87. The highest BCUT2D eigenvalue weighted by atomic mass is 33.1. The standard InChI is InChI=1S/C13H8OS2/c1-3-5-6-7-9-12-10-11-13(8-4-2)16(14)15-12/h3,10-11H,1H2,2H3. The first-order valence-electron chi connectivity index (χ1n) is 4.35. The monoisotopic (exact) mass is 244 g/mol. The van der Waals surface area contributed by atoms with Crippen molar-refractivity contribution >= 4 is 20.6 Å². The van der Waals surface area contributed by atoms with Crippen LogP contribution in [-0.2, 0) is 9.83 Å². The summed E-state index contributed by atoms with van der Waals surface area (Å²) in [6.07, 6.45) is 5.01. The molecule has 0 bridgehead atoms. The zero-order chi connectivity index (χ0) is 11.8. The van der Waals surface area contributed by atoms with Crippen molar-refractivity contribution < 1.29 is 4.21 Å². The molecule has 1 aliphatic rings. The molecule has 0 aliphatic carbocycles. The highest BCUT2D eigenvalue weighted by molar-refractivity contribution is 8.72. The Hall–Kier alpha value is -1.60. The minimum atomic E-state index is -1.15. The van der Waals surface area contributed by atoms with E-state index in [0.717, 1.165) is 4.91 Å². The third-order valence-corrected chi connectivity index (χ3v) is 4.10. The van der Waals surface area contributed by atoms with Gasteiger partial charge in [0.15, 0.2) is 0 Å². The van der Waals surface area contributed by atoms with Crippen LogP contribution in [0.3, 0.4) is 0 Å². The lowest BCUT2D eigenvalue weighted by Gasteiger charge is -2.03. The first-order chi connectivity index (χ1) is 7.77. The van der Waals surface area contributed by atoms with Gasteiger partial charge in [0.05, 0.1) is 9.81 Å². The summed E-state index contributed by atoms with van der Waals surface area (Å²) in [6, 6.07) is 0. The van der Waals surface area contributed by atoms with Crippen LogP contribution in [0.5, 0.6) is 0 Å². The maximum absolute atomic E-state index is 11.6. The van der Waals surface area contributed by atoms with Crippen molar-refractivity contribution in [3.63, 3.8) is 0 Å². The largest absolute Gasteiger partial charge is 0.242 e. The molecule has 0 aromatic rings. The Kier molecular flexibility index (Phi) is 5.30. The number of rotatable bonds is 0. The van der Waals surface area contributed by atoms with Crippen LogP contribution in [0, 0.1) is 35.5 Å². The molecule has 3 heteroatoms. The Labute approximate surface area is 102 Å². The van der Waals surface area contributed by atoms with E-state index in [9.17, 15) is 4.21 Å². The average molecular weight is 244 g/mol. The van der Waals surface area contributed by atoms with Crippen LogP contribution in [0.2, 0.25) is 0 Å². The predicted octanol–water partition coefficient (Wildman–Crippen LogP) is 2.38. The smallest absolute Gasteiger partial charge is 0.127 e. The van der Waals surface area contributed by atoms with Crippen LogP contribution < -0.4 is 0 Å². The van der Waals surface area contributed by atoms with Gasteiger partial charge in [0.25, 0.3) is 0 Å². The van der Waals surface area contributed by atoms with Crippen molar-refractivity contribution in [1.82, 2.24) is 0 Å². The van der Waals surface area contributed by atoms with E-state index in [4.69, 9.17) is 0 Å². The molecule has 78 valence electrons. The van der Waals surface area contributed by atoms with E-state index >= 15 is 0 Å². The zero-order valence-corrected chi connectivity index (χ0v) is 10.3. The fourth-order valence-electron chi connectivity index (χ4n) is 0.810. The Morgan fingerprint density at radius 2 is 2.19 bits per heavy atom. The molecule has 1 atom stereocenters. The summed E-state index contributed by atoms with van der Waals surface area (Å²) in [4.78, 5) is 1.36. The Morgan fingerprint density at radius 1 is 1.38 bits per heavy atom. The molecule has 1 nitrogen and oxygen atoms in total. The van der Waals surface area contributed by atoms with Crippen LogP contribution >= 0.6 is 10.8 Å². The Morgan fingerprint density at radius 3 is 2.81 bits per heavy atom. The fraction of sp³-hybridized carbons (Fsp3) is 0.0769. The van der Waals surface area contributed by atoms with Crippen LogP contribution in [-0.4, -0.2) is 4.21 Å². The van der Waals surface area contributed by atoms with Crippen molar-refractivity contribution in [3.8, 4) is 35.5 Å². The topological polar surface area (TPSA) is 17.1 Å². The van der Waals surface area contributed by atoms with Crippen LogP contribution in [0.25, 0.3) is 0 Å². The summed E-state index contributed by atoms with van der Waals surface area (Å²) in [5.74, 6) is 16.2. The molecule has 0 spiro atoms. The van der Waals surface area contributed by atoms with Gasteiger partial charge < -0.3 is 0 Å². The second-order valence-corrected chi connectivity index (χ2v) is 5.40. The van der Waals surface area contributed by atoms with Gasteiger partial charge >= 0.3 is 0 Å². The molecule has 16 heavy (non-hydrogen) atoms. The quantitative estimate of drug-likeness (QED) is 0.481. The van der Waals surface area contributed by atoms with E-state index in [1.54, 1.807) is 19.1 Å². The molecule has 0 amide bonds. The maximum Gasteiger partial charge on any atom is 0.127 e. The van der Waals surface area contributed by atoms with Gasteiger partial charge in [-0.1, -0.05) is 18.4 Å². The molecular weight excluding hydrogens is 236 g/mol. The van der Waals surface area contributed by atoms with Gasteiger partial charge in [-0.25, -0.2) is 4.21 Å². The maximum atomic E-state index is 11.6. The highest BCUT2D eigenvalue weighted by Gasteiger charge is 2.12. The van der Waals surface area contributed by atoms with Crippen molar-refractivity contribution in [2.75, 3.05) is 0 Å². The SMILES string of the molecule is C=CC#CC#CC1=CC=C(C#CC)S(=O)S1.